The van der Waals surface area contributed by atoms with E-state index in [0.717, 1.165) is 23.0 Å². The summed E-state index contributed by atoms with van der Waals surface area (Å²) < 4.78 is 56.9. The van der Waals surface area contributed by atoms with Crippen LogP contribution in [0.2, 0.25) is 0 Å². The van der Waals surface area contributed by atoms with Crippen molar-refractivity contribution in [3.05, 3.63) is 107 Å². The van der Waals surface area contributed by atoms with Gasteiger partial charge in [0.1, 0.15) is 5.82 Å². The molecule has 35 heavy (non-hydrogen) atoms. The number of sulfonamides is 1. The SMILES string of the molecule is C=CCn1c(=NC(=O)c2ccc(S(=O)(=O)N(C)Cc3ccccc3)cc2)sc2cc(F)cc(F)c21. The van der Waals surface area contributed by atoms with E-state index in [2.05, 4.69) is 11.6 Å². The molecule has 0 saturated carbocycles. The molecule has 0 saturated heterocycles. The summed E-state index contributed by atoms with van der Waals surface area (Å²) in [4.78, 5) is 17.1. The fraction of sp³-hybridized carbons (Fsp3) is 0.120. The lowest BCUT2D eigenvalue weighted by atomic mass is 10.2. The van der Waals surface area contributed by atoms with E-state index in [0.29, 0.717) is 4.70 Å². The second-order valence-corrected chi connectivity index (χ2v) is 10.8. The Balaban J connectivity index is 1.63. The minimum atomic E-state index is -3.78. The van der Waals surface area contributed by atoms with Gasteiger partial charge in [-0.25, -0.2) is 17.2 Å². The number of hydrogen-bond donors (Lipinski definition) is 0. The third-order valence-corrected chi connectivity index (χ3v) is 8.10. The highest BCUT2D eigenvalue weighted by molar-refractivity contribution is 7.89. The standard InChI is InChI=1S/C25H21F2N3O3S2/c1-3-13-30-23-21(27)14-19(26)15-22(23)34-25(30)28-24(31)18-9-11-20(12-10-18)35(32,33)29(2)16-17-7-5-4-6-8-17/h3-12,14-15H,1,13,16H2,2H3. The van der Waals surface area contributed by atoms with Crippen LogP contribution in [0.4, 0.5) is 8.78 Å². The molecule has 3 aromatic carbocycles. The quantitative estimate of drug-likeness (QED) is 0.336. The Kier molecular flexibility index (Phi) is 7.06. The van der Waals surface area contributed by atoms with Crippen molar-refractivity contribution in [3.63, 3.8) is 0 Å². The lowest BCUT2D eigenvalue weighted by molar-refractivity contribution is 0.0997. The molecule has 0 fully saturated rings. The van der Waals surface area contributed by atoms with Crippen LogP contribution in [-0.2, 0) is 23.1 Å². The third-order valence-electron chi connectivity index (χ3n) is 5.26. The molecule has 0 spiro atoms. The smallest absolute Gasteiger partial charge is 0.279 e. The average Bonchev–Trinajstić information content (AvgIpc) is 3.16. The number of thiazole rings is 1. The molecule has 1 aromatic heterocycles. The van der Waals surface area contributed by atoms with E-state index in [1.165, 1.54) is 52.3 Å². The van der Waals surface area contributed by atoms with Gasteiger partial charge in [-0.05, 0) is 35.9 Å². The second-order valence-electron chi connectivity index (χ2n) is 7.71. The molecular formula is C25H21F2N3O3S2. The Morgan fingerprint density at radius 3 is 2.46 bits per heavy atom. The van der Waals surface area contributed by atoms with E-state index in [-0.39, 0.29) is 33.9 Å². The van der Waals surface area contributed by atoms with Crippen molar-refractivity contribution < 1.29 is 22.0 Å². The summed E-state index contributed by atoms with van der Waals surface area (Å²) in [6, 6.07) is 16.6. The molecule has 0 unspecified atom stereocenters. The number of carbonyl (C=O) groups is 1. The molecule has 4 aromatic rings. The van der Waals surface area contributed by atoms with Crippen molar-refractivity contribution in [2.45, 2.75) is 18.0 Å². The van der Waals surface area contributed by atoms with Gasteiger partial charge < -0.3 is 4.57 Å². The van der Waals surface area contributed by atoms with Crippen molar-refractivity contribution in [3.8, 4) is 0 Å². The third kappa shape index (κ3) is 5.14. The van der Waals surface area contributed by atoms with Gasteiger partial charge in [0, 0.05) is 31.8 Å². The average molecular weight is 514 g/mol. The summed E-state index contributed by atoms with van der Waals surface area (Å²) in [5, 5.41) is 0. The first-order valence-electron chi connectivity index (χ1n) is 10.5. The lowest BCUT2D eigenvalue weighted by Gasteiger charge is -2.17. The summed E-state index contributed by atoms with van der Waals surface area (Å²) in [6.07, 6.45) is 1.52. The van der Waals surface area contributed by atoms with Crippen LogP contribution in [0, 0.1) is 11.6 Å². The molecule has 180 valence electrons. The van der Waals surface area contributed by atoms with Gasteiger partial charge in [0.2, 0.25) is 10.0 Å². The highest BCUT2D eigenvalue weighted by Gasteiger charge is 2.21. The van der Waals surface area contributed by atoms with Crippen LogP contribution in [0.15, 0.2) is 89.3 Å². The molecule has 1 amide bonds. The van der Waals surface area contributed by atoms with E-state index < -0.39 is 27.6 Å². The zero-order chi connectivity index (χ0) is 25.2. The van der Waals surface area contributed by atoms with Gasteiger partial charge in [-0.2, -0.15) is 9.30 Å². The summed E-state index contributed by atoms with van der Waals surface area (Å²) in [6.45, 7) is 4.01. The van der Waals surface area contributed by atoms with Crippen LogP contribution in [0.3, 0.4) is 0 Å². The summed E-state index contributed by atoms with van der Waals surface area (Å²) in [5.74, 6) is -2.13. The highest BCUT2D eigenvalue weighted by atomic mass is 32.2. The topological polar surface area (TPSA) is 71.7 Å². The zero-order valence-corrected chi connectivity index (χ0v) is 20.3. The van der Waals surface area contributed by atoms with Crippen LogP contribution in [0.1, 0.15) is 15.9 Å². The molecular weight excluding hydrogens is 492 g/mol. The number of rotatable bonds is 7. The number of hydrogen-bond acceptors (Lipinski definition) is 4. The Hall–Kier alpha value is -3.47. The van der Waals surface area contributed by atoms with Crippen LogP contribution < -0.4 is 4.80 Å². The van der Waals surface area contributed by atoms with Crippen LogP contribution >= 0.6 is 11.3 Å². The molecule has 0 aliphatic heterocycles. The number of amides is 1. The molecule has 0 aliphatic carbocycles. The maximum Gasteiger partial charge on any atom is 0.279 e. The molecule has 6 nitrogen and oxygen atoms in total. The van der Waals surface area contributed by atoms with Crippen molar-refractivity contribution in [1.29, 1.82) is 0 Å². The molecule has 0 aliphatic rings. The number of aromatic nitrogens is 1. The van der Waals surface area contributed by atoms with E-state index in [1.807, 2.05) is 30.3 Å². The van der Waals surface area contributed by atoms with Gasteiger partial charge in [-0.3, -0.25) is 4.79 Å². The van der Waals surface area contributed by atoms with Gasteiger partial charge >= 0.3 is 0 Å². The van der Waals surface area contributed by atoms with Gasteiger partial charge in [0.05, 0.1) is 15.1 Å². The normalized spacial score (nSPS) is 12.4. The minimum absolute atomic E-state index is 0.0358. The summed E-state index contributed by atoms with van der Waals surface area (Å²) >= 11 is 0.973. The maximum absolute atomic E-state index is 14.4. The number of carbonyl (C=O) groups excluding carboxylic acids is 1. The first-order chi connectivity index (χ1) is 16.7. The monoisotopic (exact) mass is 513 g/mol. The van der Waals surface area contributed by atoms with Crippen molar-refractivity contribution in [1.82, 2.24) is 8.87 Å². The van der Waals surface area contributed by atoms with E-state index >= 15 is 0 Å². The first kappa shape index (κ1) is 24.6. The predicted octanol–water partition coefficient (Wildman–Crippen LogP) is 4.73. The van der Waals surface area contributed by atoms with Gasteiger partial charge in [0.25, 0.3) is 5.91 Å². The predicted molar refractivity (Wildman–Crippen MR) is 131 cm³/mol. The van der Waals surface area contributed by atoms with Gasteiger partial charge in [-0.1, -0.05) is 47.7 Å². The Labute approximate surface area is 205 Å². The number of fused-ring (bicyclic) bond motifs is 1. The first-order valence-corrected chi connectivity index (χ1v) is 12.7. The fourth-order valence-corrected chi connectivity index (χ4v) is 5.78. The zero-order valence-electron chi connectivity index (χ0n) is 18.7. The molecule has 0 bridgehead atoms. The van der Waals surface area contributed by atoms with Gasteiger partial charge in [0.15, 0.2) is 10.6 Å². The summed E-state index contributed by atoms with van der Waals surface area (Å²) in [7, 11) is -2.29. The van der Waals surface area contributed by atoms with Crippen LogP contribution in [0.25, 0.3) is 10.2 Å². The number of halogens is 2. The molecule has 1 heterocycles. The largest absolute Gasteiger partial charge is 0.310 e. The maximum atomic E-state index is 14.4. The Morgan fingerprint density at radius 2 is 1.80 bits per heavy atom. The second kappa shape index (κ2) is 10.0. The van der Waals surface area contributed by atoms with Gasteiger partial charge in [-0.15, -0.1) is 6.58 Å². The Bertz CT molecular complexity index is 1580. The summed E-state index contributed by atoms with van der Waals surface area (Å²) in [5.41, 5.74) is 1.13. The van der Waals surface area contributed by atoms with Crippen LogP contribution in [-0.4, -0.2) is 30.2 Å². The molecule has 0 N–H and O–H groups in total. The molecule has 10 heteroatoms. The lowest BCUT2D eigenvalue weighted by Crippen LogP contribution is -2.26. The molecule has 0 radical (unpaired) electrons. The van der Waals surface area contributed by atoms with Crippen LogP contribution in [0.5, 0.6) is 0 Å². The van der Waals surface area contributed by atoms with Crippen molar-refractivity contribution in [2.75, 3.05) is 7.05 Å². The van der Waals surface area contributed by atoms with Crippen molar-refractivity contribution >= 4 is 37.5 Å². The van der Waals surface area contributed by atoms with E-state index in [9.17, 15) is 22.0 Å². The van der Waals surface area contributed by atoms with Crippen molar-refractivity contribution in [2.24, 2.45) is 4.99 Å². The van der Waals surface area contributed by atoms with E-state index in [4.69, 9.17) is 0 Å². The number of allylic oxidation sites excluding steroid dienone is 1. The minimum Gasteiger partial charge on any atom is -0.310 e. The number of nitrogens with zero attached hydrogens (tertiary/aromatic N) is 3. The van der Waals surface area contributed by atoms with E-state index in [1.54, 1.807) is 0 Å². The highest BCUT2D eigenvalue weighted by Crippen LogP contribution is 2.23. The number of benzene rings is 3. The Morgan fingerprint density at radius 1 is 1.11 bits per heavy atom. The molecule has 0 atom stereocenters. The fourth-order valence-electron chi connectivity index (χ4n) is 3.54. The molecule has 4 rings (SSSR count).